The van der Waals surface area contributed by atoms with Gasteiger partial charge >= 0.3 is 5.97 Å². The Morgan fingerprint density at radius 1 is 1.12 bits per heavy atom. The molecule has 92 valence electrons. The smallest absolute Gasteiger partial charge is 0.337 e. The minimum atomic E-state index is -0.516. The first kappa shape index (κ1) is 13.7. The summed E-state index contributed by atoms with van der Waals surface area (Å²) < 4.78 is 4.60. The molecule has 0 aromatic heterocycles. The summed E-state index contributed by atoms with van der Waals surface area (Å²) in [4.78, 5) is 23.5. The molecule has 4 heteroatoms. The molecule has 0 N–H and O–H groups in total. The highest BCUT2D eigenvalue weighted by Gasteiger charge is 2.24. The number of benzene rings is 1. The zero-order valence-electron chi connectivity index (χ0n) is 10.3. The fourth-order valence-electron chi connectivity index (χ4n) is 1.39. The lowest BCUT2D eigenvalue weighted by atomic mass is 9.86. The standard InChI is InChI=1S/C13H15ClO3/c1-13(2,3)11(15)8-5-9(12(16)17-4)7-10(14)6-8/h5-7H,1-4H3. The molecule has 17 heavy (non-hydrogen) atoms. The number of halogens is 1. The molecule has 1 rings (SSSR count). The number of rotatable bonds is 2. The quantitative estimate of drug-likeness (QED) is 0.600. The van der Waals surface area contributed by atoms with Gasteiger partial charge in [0.1, 0.15) is 0 Å². The van der Waals surface area contributed by atoms with Gasteiger partial charge in [0.05, 0.1) is 12.7 Å². The van der Waals surface area contributed by atoms with E-state index in [1.807, 2.05) is 20.8 Å². The number of esters is 1. The fraction of sp³-hybridized carbons (Fsp3) is 0.385. The van der Waals surface area contributed by atoms with E-state index in [2.05, 4.69) is 4.74 Å². The Balaban J connectivity index is 3.23. The molecular weight excluding hydrogens is 240 g/mol. The second kappa shape index (κ2) is 4.88. The average Bonchev–Trinajstić information content (AvgIpc) is 2.24. The highest BCUT2D eigenvalue weighted by atomic mass is 35.5. The normalized spacial score (nSPS) is 11.1. The van der Waals surface area contributed by atoms with E-state index >= 15 is 0 Å². The fourth-order valence-corrected chi connectivity index (χ4v) is 1.62. The summed E-state index contributed by atoms with van der Waals surface area (Å²) in [6, 6.07) is 4.54. The van der Waals surface area contributed by atoms with Crippen LogP contribution >= 0.6 is 11.6 Å². The van der Waals surface area contributed by atoms with Gasteiger partial charge < -0.3 is 4.74 Å². The maximum Gasteiger partial charge on any atom is 0.337 e. The molecule has 1 aromatic rings. The zero-order valence-corrected chi connectivity index (χ0v) is 11.1. The van der Waals surface area contributed by atoms with Crippen molar-refractivity contribution in [3.63, 3.8) is 0 Å². The van der Waals surface area contributed by atoms with E-state index in [9.17, 15) is 9.59 Å². The Morgan fingerprint density at radius 3 is 2.12 bits per heavy atom. The topological polar surface area (TPSA) is 43.4 Å². The predicted octanol–water partition coefficient (Wildman–Crippen LogP) is 3.36. The lowest BCUT2D eigenvalue weighted by molar-refractivity contribution is 0.0600. The number of ether oxygens (including phenoxy) is 1. The molecule has 3 nitrogen and oxygen atoms in total. The minimum Gasteiger partial charge on any atom is -0.465 e. The number of hydrogen-bond donors (Lipinski definition) is 0. The summed E-state index contributed by atoms with van der Waals surface area (Å²) in [5.74, 6) is -0.569. The SMILES string of the molecule is COC(=O)c1cc(Cl)cc(C(=O)C(C)(C)C)c1. The Hall–Kier alpha value is -1.35. The first-order valence-corrected chi connectivity index (χ1v) is 5.57. The molecule has 0 amide bonds. The summed E-state index contributed by atoms with van der Waals surface area (Å²) >= 11 is 5.89. The van der Waals surface area contributed by atoms with Crippen molar-refractivity contribution in [2.45, 2.75) is 20.8 Å². The molecule has 0 aliphatic rings. The van der Waals surface area contributed by atoms with Gasteiger partial charge in [0, 0.05) is 16.0 Å². The monoisotopic (exact) mass is 254 g/mol. The van der Waals surface area contributed by atoms with Crippen LogP contribution in [0.5, 0.6) is 0 Å². The van der Waals surface area contributed by atoms with Gasteiger partial charge in [0.25, 0.3) is 0 Å². The largest absolute Gasteiger partial charge is 0.465 e. The number of methoxy groups -OCH3 is 1. The number of carbonyl (C=O) groups excluding carboxylic acids is 2. The van der Waals surface area contributed by atoms with E-state index in [1.165, 1.54) is 19.2 Å². The number of Topliss-reactive ketones (excluding diaryl/α,β-unsaturated/α-hetero) is 1. The maximum absolute atomic E-state index is 12.1. The highest BCUT2D eigenvalue weighted by molar-refractivity contribution is 6.31. The van der Waals surface area contributed by atoms with Crippen molar-refractivity contribution in [3.8, 4) is 0 Å². The number of ketones is 1. The first-order chi connectivity index (χ1) is 7.75. The van der Waals surface area contributed by atoms with Gasteiger partial charge in [-0.3, -0.25) is 4.79 Å². The first-order valence-electron chi connectivity index (χ1n) is 5.19. The second-order valence-electron chi connectivity index (χ2n) is 4.80. The number of hydrogen-bond acceptors (Lipinski definition) is 3. The van der Waals surface area contributed by atoms with E-state index in [-0.39, 0.29) is 11.3 Å². The maximum atomic E-state index is 12.1. The predicted molar refractivity (Wildman–Crippen MR) is 66.6 cm³/mol. The summed E-state index contributed by atoms with van der Waals surface area (Å²) in [5.41, 5.74) is 0.191. The van der Waals surface area contributed by atoms with Crippen molar-refractivity contribution in [2.24, 2.45) is 5.41 Å². The highest BCUT2D eigenvalue weighted by Crippen LogP contribution is 2.24. The molecule has 0 radical (unpaired) electrons. The molecule has 1 aromatic carbocycles. The summed E-state index contributed by atoms with van der Waals surface area (Å²) in [7, 11) is 1.29. The van der Waals surface area contributed by atoms with Gasteiger partial charge in [-0.15, -0.1) is 0 Å². The zero-order chi connectivity index (χ0) is 13.2. The second-order valence-corrected chi connectivity index (χ2v) is 5.24. The van der Waals surface area contributed by atoms with E-state index < -0.39 is 11.4 Å². The van der Waals surface area contributed by atoms with Gasteiger partial charge in [0.15, 0.2) is 5.78 Å². The van der Waals surface area contributed by atoms with Crippen molar-refractivity contribution in [1.29, 1.82) is 0 Å². The third-order valence-electron chi connectivity index (χ3n) is 2.26. The molecule has 0 bridgehead atoms. The molecule has 0 saturated heterocycles. The van der Waals surface area contributed by atoms with Crippen molar-refractivity contribution >= 4 is 23.4 Å². The van der Waals surface area contributed by atoms with E-state index in [1.54, 1.807) is 6.07 Å². The Morgan fingerprint density at radius 2 is 1.65 bits per heavy atom. The van der Waals surface area contributed by atoms with Crippen LogP contribution in [0.25, 0.3) is 0 Å². The Kier molecular flexibility index (Phi) is 3.94. The van der Waals surface area contributed by atoms with Gasteiger partial charge in [-0.25, -0.2) is 4.79 Å². The van der Waals surface area contributed by atoms with Crippen LogP contribution in [-0.4, -0.2) is 18.9 Å². The van der Waals surface area contributed by atoms with Gasteiger partial charge in [0.2, 0.25) is 0 Å². The Labute approximate surface area is 106 Å². The van der Waals surface area contributed by atoms with Crippen LogP contribution in [0.4, 0.5) is 0 Å². The van der Waals surface area contributed by atoms with E-state index in [4.69, 9.17) is 11.6 Å². The van der Waals surface area contributed by atoms with Crippen molar-refractivity contribution in [2.75, 3.05) is 7.11 Å². The van der Waals surface area contributed by atoms with Crippen LogP contribution in [0.3, 0.4) is 0 Å². The van der Waals surface area contributed by atoms with Gasteiger partial charge in [-0.1, -0.05) is 32.4 Å². The third kappa shape index (κ3) is 3.30. The average molecular weight is 255 g/mol. The third-order valence-corrected chi connectivity index (χ3v) is 2.48. The van der Waals surface area contributed by atoms with Gasteiger partial charge in [-0.05, 0) is 18.2 Å². The molecule has 0 heterocycles. The van der Waals surface area contributed by atoms with Crippen LogP contribution in [-0.2, 0) is 4.74 Å². The summed E-state index contributed by atoms with van der Waals surface area (Å²) in [5, 5.41) is 0.348. The van der Waals surface area contributed by atoms with Crippen molar-refractivity contribution in [1.82, 2.24) is 0 Å². The molecular formula is C13H15ClO3. The van der Waals surface area contributed by atoms with Crippen LogP contribution in [0, 0.1) is 5.41 Å². The summed E-state index contributed by atoms with van der Waals surface area (Å²) in [6.45, 7) is 5.44. The lowest BCUT2D eigenvalue weighted by Gasteiger charge is -2.17. The molecule has 0 fully saturated rings. The van der Waals surface area contributed by atoms with Crippen molar-refractivity contribution in [3.05, 3.63) is 34.3 Å². The van der Waals surface area contributed by atoms with Crippen LogP contribution in [0.1, 0.15) is 41.5 Å². The van der Waals surface area contributed by atoms with Crippen molar-refractivity contribution < 1.29 is 14.3 Å². The molecule has 0 aliphatic carbocycles. The minimum absolute atomic E-state index is 0.0647. The van der Waals surface area contributed by atoms with Gasteiger partial charge in [-0.2, -0.15) is 0 Å². The molecule has 0 aliphatic heterocycles. The van der Waals surface area contributed by atoms with E-state index in [0.717, 1.165) is 0 Å². The Bertz CT molecular complexity index is 458. The molecule has 0 unspecified atom stereocenters. The van der Waals surface area contributed by atoms with Crippen LogP contribution < -0.4 is 0 Å². The summed E-state index contributed by atoms with van der Waals surface area (Å²) in [6.07, 6.45) is 0. The number of carbonyl (C=O) groups is 2. The van der Waals surface area contributed by atoms with Crippen LogP contribution in [0.15, 0.2) is 18.2 Å². The van der Waals surface area contributed by atoms with E-state index in [0.29, 0.717) is 10.6 Å². The van der Waals surface area contributed by atoms with Crippen LogP contribution in [0.2, 0.25) is 5.02 Å². The molecule has 0 saturated carbocycles. The molecule has 0 spiro atoms. The lowest BCUT2D eigenvalue weighted by Crippen LogP contribution is -2.20. The molecule has 0 atom stereocenters.